The number of nitrogens with zero attached hydrogens (tertiary/aromatic N) is 3. The molecular formula is C13H17Cl2N3O3. The minimum atomic E-state index is -0.510. The number of benzene rings is 1. The summed E-state index contributed by atoms with van der Waals surface area (Å²) in [7, 11) is 3.85. The van der Waals surface area contributed by atoms with E-state index < -0.39 is 11.0 Å². The quantitative estimate of drug-likeness (QED) is 0.676. The second-order valence-electron chi connectivity index (χ2n) is 5.47. The van der Waals surface area contributed by atoms with E-state index in [2.05, 4.69) is 0 Å². The summed E-state index contributed by atoms with van der Waals surface area (Å²) in [4.78, 5) is 14.6. The molecule has 0 aromatic heterocycles. The van der Waals surface area contributed by atoms with E-state index >= 15 is 0 Å². The molecule has 1 saturated heterocycles. The van der Waals surface area contributed by atoms with Gasteiger partial charge in [0.1, 0.15) is 5.69 Å². The van der Waals surface area contributed by atoms with Crippen LogP contribution in [0.15, 0.2) is 12.1 Å². The minimum absolute atomic E-state index is 0.00839. The maximum atomic E-state index is 11.3. The lowest BCUT2D eigenvalue weighted by Crippen LogP contribution is -2.37. The second kappa shape index (κ2) is 6.36. The standard InChI is InChI=1S/C13H17Cl2N3O3/c1-16(2)6-8-3-9(19)7-17(8)12-4-10(14)11(15)5-13(12)18(20)21/h4-5,8-9,19H,3,6-7H2,1-2H3. The average Bonchev–Trinajstić information content (AvgIpc) is 2.71. The Labute approximate surface area is 133 Å². The van der Waals surface area contributed by atoms with Gasteiger partial charge in [0.2, 0.25) is 0 Å². The molecule has 116 valence electrons. The summed E-state index contributed by atoms with van der Waals surface area (Å²) in [5, 5.41) is 21.6. The largest absolute Gasteiger partial charge is 0.391 e. The molecule has 8 heteroatoms. The van der Waals surface area contributed by atoms with E-state index in [1.165, 1.54) is 12.1 Å². The molecule has 0 aliphatic carbocycles. The van der Waals surface area contributed by atoms with Gasteiger partial charge < -0.3 is 14.9 Å². The number of aliphatic hydroxyl groups excluding tert-OH is 1. The van der Waals surface area contributed by atoms with Gasteiger partial charge in [0.15, 0.2) is 0 Å². The van der Waals surface area contributed by atoms with Crippen molar-refractivity contribution in [3.8, 4) is 0 Å². The molecule has 0 bridgehead atoms. The summed E-state index contributed by atoms with van der Waals surface area (Å²) in [6, 6.07) is 2.75. The van der Waals surface area contributed by atoms with Gasteiger partial charge in [-0.1, -0.05) is 23.2 Å². The minimum Gasteiger partial charge on any atom is -0.391 e. The lowest BCUT2D eigenvalue weighted by atomic mass is 10.1. The van der Waals surface area contributed by atoms with Crippen LogP contribution in [0.25, 0.3) is 0 Å². The zero-order valence-electron chi connectivity index (χ0n) is 11.8. The lowest BCUT2D eigenvalue weighted by molar-refractivity contribution is -0.384. The second-order valence-corrected chi connectivity index (χ2v) is 6.28. The lowest BCUT2D eigenvalue weighted by Gasteiger charge is -2.28. The van der Waals surface area contributed by atoms with Gasteiger partial charge in [-0.15, -0.1) is 0 Å². The number of nitro groups is 1. The fourth-order valence-corrected chi connectivity index (χ4v) is 3.00. The summed E-state index contributed by atoms with van der Waals surface area (Å²) in [6.07, 6.45) is 0.0549. The summed E-state index contributed by atoms with van der Waals surface area (Å²) >= 11 is 11.9. The number of hydrogen-bond acceptors (Lipinski definition) is 5. The molecular weight excluding hydrogens is 317 g/mol. The highest BCUT2D eigenvalue weighted by Crippen LogP contribution is 2.39. The molecule has 0 radical (unpaired) electrons. The Kier molecular flexibility index (Phi) is 4.93. The zero-order chi connectivity index (χ0) is 15.7. The number of nitro benzene ring substituents is 1. The van der Waals surface area contributed by atoms with E-state index in [0.29, 0.717) is 25.2 Å². The maximum Gasteiger partial charge on any atom is 0.294 e. The molecule has 1 aliphatic heterocycles. The monoisotopic (exact) mass is 333 g/mol. The highest BCUT2D eigenvalue weighted by molar-refractivity contribution is 6.42. The van der Waals surface area contributed by atoms with Crippen molar-refractivity contribution in [2.75, 3.05) is 32.1 Å². The van der Waals surface area contributed by atoms with Gasteiger partial charge in [0.05, 0.1) is 21.1 Å². The van der Waals surface area contributed by atoms with Crippen molar-refractivity contribution in [3.63, 3.8) is 0 Å². The van der Waals surface area contributed by atoms with Crippen LogP contribution in [-0.4, -0.2) is 54.3 Å². The number of halogens is 2. The van der Waals surface area contributed by atoms with E-state index in [1.54, 1.807) is 0 Å². The normalized spacial score (nSPS) is 22.1. The fourth-order valence-electron chi connectivity index (χ4n) is 2.68. The van der Waals surface area contributed by atoms with Crippen molar-refractivity contribution in [2.24, 2.45) is 0 Å². The van der Waals surface area contributed by atoms with Crippen LogP contribution in [0.5, 0.6) is 0 Å². The maximum absolute atomic E-state index is 11.3. The fraction of sp³-hybridized carbons (Fsp3) is 0.538. The highest BCUT2D eigenvalue weighted by Gasteiger charge is 2.35. The predicted octanol–water partition coefficient (Wildman–Crippen LogP) is 2.40. The van der Waals surface area contributed by atoms with Gasteiger partial charge in [-0.3, -0.25) is 10.1 Å². The van der Waals surface area contributed by atoms with E-state index in [-0.39, 0.29) is 21.8 Å². The SMILES string of the molecule is CN(C)CC1CC(O)CN1c1cc(Cl)c(Cl)cc1[N+](=O)[O-]. The number of aliphatic hydroxyl groups is 1. The third-order valence-electron chi connectivity index (χ3n) is 3.49. The van der Waals surface area contributed by atoms with E-state index in [1.807, 2.05) is 23.9 Å². The van der Waals surface area contributed by atoms with E-state index in [4.69, 9.17) is 23.2 Å². The van der Waals surface area contributed by atoms with Gasteiger partial charge in [-0.2, -0.15) is 0 Å². The molecule has 0 saturated carbocycles. The van der Waals surface area contributed by atoms with Gasteiger partial charge in [-0.05, 0) is 26.6 Å². The molecule has 2 atom stereocenters. The third-order valence-corrected chi connectivity index (χ3v) is 4.21. The summed E-state index contributed by atoms with van der Waals surface area (Å²) in [5.41, 5.74) is 0.306. The summed E-state index contributed by atoms with van der Waals surface area (Å²) in [6.45, 7) is 1.03. The number of rotatable bonds is 4. The Balaban J connectivity index is 2.43. The van der Waals surface area contributed by atoms with Gasteiger partial charge in [-0.25, -0.2) is 0 Å². The first-order valence-corrected chi connectivity index (χ1v) is 7.28. The molecule has 2 unspecified atom stereocenters. The van der Waals surface area contributed by atoms with Crippen molar-refractivity contribution >= 4 is 34.6 Å². The summed E-state index contributed by atoms with van der Waals surface area (Å²) in [5.74, 6) is 0. The molecule has 21 heavy (non-hydrogen) atoms. The van der Waals surface area contributed by atoms with Crippen molar-refractivity contribution in [3.05, 3.63) is 32.3 Å². The van der Waals surface area contributed by atoms with Crippen LogP contribution in [0.1, 0.15) is 6.42 Å². The molecule has 2 rings (SSSR count). The smallest absolute Gasteiger partial charge is 0.294 e. The van der Waals surface area contributed by atoms with Crippen LogP contribution >= 0.6 is 23.2 Å². The zero-order valence-corrected chi connectivity index (χ0v) is 13.3. The summed E-state index contributed by atoms with van der Waals surface area (Å²) < 4.78 is 0. The van der Waals surface area contributed by atoms with Crippen LogP contribution in [0.3, 0.4) is 0 Å². The van der Waals surface area contributed by atoms with E-state index in [0.717, 1.165) is 0 Å². The molecule has 0 spiro atoms. The predicted molar refractivity (Wildman–Crippen MR) is 83.4 cm³/mol. The topological polar surface area (TPSA) is 69.8 Å². The Morgan fingerprint density at radius 3 is 2.62 bits per heavy atom. The Morgan fingerprint density at radius 1 is 1.43 bits per heavy atom. The number of anilines is 1. The number of likely N-dealkylation sites (N-methyl/N-ethyl adjacent to an activating group) is 1. The van der Waals surface area contributed by atoms with Crippen LogP contribution in [0.4, 0.5) is 11.4 Å². The first-order chi connectivity index (χ1) is 9.79. The molecule has 1 aromatic carbocycles. The van der Waals surface area contributed by atoms with Gasteiger partial charge >= 0.3 is 0 Å². The average molecular weight is 334 g/mol. The molecule has 1 N–H and O–H groups in total. The van der Waals surface area contributed by atoms with Crippen LogP contribution in [0.2, 0.25) is 10.0 Å². The van der Waals surface area contributed by atoms with Crippen molar-refractivity contribution < 1.29 is 10.0 Å². The first-order valence-electron chi connectivity index (χ1n) is 6.52. The molecule has 1 aromatic rings. The Hall–Kier alpha value is -1.08. The number of hydrogen-bond donors (Lipinski definition) is 1. The molecule has 1 heterocycles. The molecule has 1 fully saturated rings. The van der Waals surface area contributed by atoms with Crippen LogP contribution < -0.4 is 4.90 Å². The van der Waals surface area contributed by atoms with Crippen molar-refractivity contribution in [2.45, 2.75) is 18.6 Å². The van der Waals surface area contributed by atoms with Crippen LogP contribution in [-0.2, 0) is 0 Å². The van der Waals surface area contributed by atoms with Gasteiger partial charge in [0.25, 0.3) is 5.69 Å². The molecule has 0 amide bonds. The Bertz CT molecular complexity index is 554. The third kappa shape index (κ3) is 3.58. The Morgan fingerprint density at radius 2 is 2.05 bits per heavy atom. The van der Waals surface area contributed by atoms with E-state index in [9.17, 15) is 15.2 Å². The van der Waals surface area contributed by atoms with Crippen molar-refractivity contribution in [1.82, 2.24) is 4.90 Å². The van der Waals surface area contributed by atoms with Crippen molar-refractivity contribution in [1.29, 1.82) is 0 Å². The first kappa shape index (κ1) is 16.3. The molecule has 6 nitrogen and oxygen atoms in total. The van der Waals surface area contributed by atoms with Gasteiger partial charge in [0, 0.05) is 25.2 Å². The van der Waals surface area contributed by atoms with Crippen LogP contribution in [0, 0.1) is 10.1 Å². The molecule has 1 aliphatic rings. The highest BCUT2D eigenvalue weighted by atomic mass is 35.5. The number of β-amino-alcohol motifs (C(OH)–C–C–N with tert-alkyl or cyclic N) is 1.